The van der Waals surface area contributed by atoms with Gasteiger partial charge in [0.25, 0.3) is 0 Å². The third-order valence-corrected chi connectivity index (χ3v) is 4.40. The molecule has 3 aromatic rings. The highest BCUT2D eigenvalue weighted by Gasteiger charge is 2.17. The first-order valence-electron chi connectivity index (χ1n) is 7.74. The monoisotopic (exact) mass is 357 g/mol. The van der Waals surface area contributed by atoms with Gasteiger partial charge in [-0.1, -0.05) is 60.5 Å². The van der Waals surface area contributed by atoms with Crippen molar-refractivity contribution in [3.05, 3.63) is 69.8 Å². The second kappa shape index (κ2) is 7.31. The lowest BCUT2D eigenvalue weighted by Crippen LogP contribution is -2.09. The van der Waals surface area contributed by atoms with Gasteiger partial charge in [0, 0.05) is 34.0 Å². The van der Waals surface area contributed by atoms with Gasteiger partial charge in [0.2, 0.25) is 0 Å². The number of nitrogens with zero attached hydrogens (tertiary/aromatic N) is 2. The lowest BCUT2D eigenvalue weighted by Gasteiger charge is -2.15. The van der Waals surface area contributed by atoms with Crippen LogP contribution < -0.4 is 5.73 Å². The Morgan fingerprint density at radius 2 is 1.75 bits per heavy atom. The SMILES string of the molecule is CCc1nc(-c2ccccc2)nc(-c2ccc(Cl)cc2Cl)c1CN. The molecule has 0 saturated carbocycles. The van der Waals surface area contributed by atoms with Crippen LogP contribution in [0.15, 0.2) is 48.5 Å². The van der Waals surface area contributed by atoms with E-state index in [0.29, 0.717) is 22.4 Å². The zero-order valence-electron chi connectivity index (χ0n) is 13.3. The number of hydrogen-bond acceptors (Lipinski definition) is 3. The van der Waals surface area contributed by atoms with Gasteiger partial charge in [-0.3, -0.25) is 0 Å². The number of rotatable bonds is 4. The minimum absolute atomic E-state index is 0.354. The first-order chi connectivity index (χ1) is 11.6. The summed E-state index contributed by atoms with van der Waals surface area (Å²) in [6.07, 6.45) is 0.771. The van der Waals surface area contributed by atoms with E-state index in [2.05, 4.69) is 6.92 Å². The Labute approximate surface area is 151 Å². The zero-order valence-corrected chi connectivity index (χ0v) is 14.8. The smallest absolute Gasteiger partial charge is 0.160 e. The number of hydrogen-bond donors (Lipinski definition) is 1. The molecule has 0 radical (unpaired) electrons. The predicted molar refractivity (Wildman–Crippen MR) is 100 cm³/mol. The normalized spacial score (nSPS) is 10.8. The molecular formula is C19H17Cl2N3. The first-order valence-corrected chi connectivity index (χ1v) is 8.50. The summed E-state index contributed by atoms with van der Waals surface area (Å²) in [6.45, 7) is 2.41. The fourth-order valence-corrected chi connectivity index (χ4v) is 3.16. The van der Waals surface area contributed by atoms with Crippen molar-refractivity contribution >= 4 is 23.2 Å². The maximum absolute atomic E-state index is 6.40. The van der Waals surface area contributed by atoms with Gasteiger partial charge in [-0.25, -0.2) is 9.97 Å². The molecule has 0 aliphatic rings. The quantitative estimate of drug-likeness (QED) is 0.703. The highest BCUT2D eigenvalue weighted by molar-refractivity contribution is 6.36. The molecular weight excluding hydrogens is 341 g/mol. The Bertz CT molecular complexity index is 864. The molecule has 24 heavy (non-hydrogen) atoms. The molecule has 2 aromatic carbocycles. The molecule has 1 heterocycles. The summed E-state index contributed by atoms with van der Waals surface area (Å²) in [5.41, 5.74) is 10.4. The summed E-state index contributed by atoms with van der Waals surface area (Å²) in [7, 11) is 0. The van der Waals surface area contributed by atoms with Crippen molar-refractivity contribution in [3.63, 3.8) is 0 Å². The van der Waals surface area contributed by atoms with Gasteiger partial charge in [-0.15, -0.1) is 0 Å². The van der Waals surface area contributed by atoms with E-state index in [4.69, 9.17) is 38.9 Å². The van der Waals surface area contributed by atoms with E-state index in [1.54, 1.807) is 12.1 Å². The van der Waals surface area contributed by atoms with E-state index < -0.39 is 0 Å². The van der Waals surface area contributed by atoms with Crippen LogP contribution in [-0.4, -0.2) is 9.97 Å². The van der Waals surface area contributed by atoms with Crippen LogP contribution in [0.2, 0.25) is 10.0 Å². The fraction of sp³-hybridized carbons (Fsp3) is 0.158. The van der Waals surface area contributed by atoms with Crippen molar-refractivity contribution in [2.24, 2.45) is 5.73 Å². The van der Waals surface area contributed by atoms with Crippen molar-refractivity contribution in [1.29, 1.82) is 0 Å². The molecule has 0 saturated heterocycles. The van der Waals surface area contributed by atoms with Crippen molar-refractivity contribution < 1.29 is 0 Å². The van der Waals surface area contributed by atoms with Crippen molar-refractivity contribution in [2.45, 2.75) is 19.9 Å². The van der Waals surface area contributed by atoms with Gasteiger partial charge < -0.3 is 5.73 Å². The lowest BCUT2D eigenvalue weighted by atomic mass is 10.0. The van der Waals surface area contributed by atoms with Crippen LogP contribution in [0.25, 0.3) is 22.6 Å². The van der Waals surface area contributed by atoms with E-state index in [1.807, 2.05) is 36.4 Å². The predicted octanol–water partition coefficient (Wildman–Crippen LogP) is 5.14. The molecule has 0 amide bonds. The van der Waals surface area contributed by atoms with Gasteiger partial charge in [0.05, 0.1) is 10.7 Å². The fourth-order valence-electron chi connectivity index (χ4n) is 2.66. The van der Waals surface area contributed by atoms with E-state index in [9.17, 15) is 0 Å². The minimum atomic E-state index is 0.354. The molecule has 5 heteroatoms. The summed E-state index contributed by atoms with van der Waals surface area (Å²) >= 11 is 12.4. The van der Waals surface area contributed by atoms with Crippen LogP contribution in [0.3, 0.4) is 0 Å². The van der Waals surface area contributed by atoms with Crippen LogP contribution in [-0.2, 0) is 13.0 Å². The van der Waals surface area contributed by atoms with E-state index >= 15 is 0 Å². The summed E-state index contributed by atoms with van der Waals surface area (Å²) in [5.74, 6) is 0.672. The molecule has 3 nitrogen and oxygen atoms in total. The summed E-state index contributed by atoms with van der Waals surface area (Å²) in [4.78, 5) is 9.47. The average molecular weight is 358 g/mol. The van der Waals surface area contributed by atoms with Crippen LogP contribution in [0.5, 0.6) is 0 Å². The zero-order chi connectivity index (χ0) is 17.1. The minimum Gasteiger partial charge on any atom is -0.326 e. The molecule has 0 aliphatic heterocycles. The Balaban J connectivity index is 2.27. The molecule has 0 atom stereocenters. The second-order valence-electron chi connectivity index (χ2n) is 5.37. The second-order valence-corrected chi connectivity index (χ2v) is 6.21. The van der Waals surface area contributed by atoms with Crippen molar-refractivity contribution in [3.8, 4) is 22.6 Å². The third kappa shape index (κ3) is 3.29. The Morgan fingerprint density at radius 1 is 1.00 bits per heavy atom. The molecule has 0 spiro atoms. The van der Waals surface area contributed by atoms with Crippen LogP contribution in [0.1, 0.15) is 18.2 Å². The maximum Gasteiger partial charge on any atom is 0.160 e. The first kappa shape index (κ1) is 16.9. The average Bonchev–Trinajstić information content (AvgIpc) is 2.61. The van der Waals surface area contributed by atoms with Crippen LogP contribution >= 0.6 is 23.2 Å². The summed E-state index contributed by atoms with van der Waals surface area (Å²) < 4.78 is 0. The van der Waals surface area contributed by atoms with E-state index in [-0.39, 0.29) is 0 Å². The Morgan fingerprint density at radius 3 is 2.38 bits per heavy atom. The molecule has 0 bridgehead atoms. The molecule has 3 rings (SSSR count). The third-order valence-electron chi connectivity index (χ3n) is 3.85. The summed E-state index contributed by atoms with van der Waals surface area (Å²) in [5, 5.41) is 1.14. The molecule has 0 unspecified atom stereocenters. The number of benzene rings is 2. The van der Waals surface area contributed by atoms with Gasteiger partial charge in [-0.2, -0.15) is 0 Å². The van der Waals surface area contributed by atoms with Gasteiger partial charge in [-0.05, 0) is 24.6 Å². The molecule has 122 valence electrons. The van der Waals surface area contributed by atoms with Gasteiger partial charge in [0.15, 0.2) is 5.82 Å². The van der Waals surface area contributed by atoms with Crippen molar-refractivity contribution in [2.75, 3.05) is 0 Å². The Hall–Kier alpha value is -1.94. The number of halogens is 2. The van der Waals surface area contributed by atoms with Gasteiger partial charge in [0.1, 0.15) is 0 Å². The Kier molecular flexibility index (Phi) is 5.14. The lowest BCUT2D eigenvalue weighted by molar-refractivity contribution is 0.923. The number of aromatic nitrogens is 2. The van der Waals surface area contributed by atoms with Crippen LogP contribution in [0.4, 0.5) is 0 Å². The highest BCUT2D eigenvalue weighted by atomic mass is 35.5. The van der Waals surface area contributed by atoms with Crippen LogP contribution in [0, 0.1) is 0 Å². The van der Waals surface area contributed by atoms with E-state index in [1.165, 1.54) is 0 Å². The highest BCUT2D eigenvalue weighted by Crippen LogP contribution is 2.33. The van der Waals surface area contributed by atoms with E-state index in [0.717, 1.165) is 34.5 Å². The number of nitrogens with two attached hydrogens (primary N) is 1. The molecule has 0 aliphatic carbocycles. The van der Waals surface area contributed by atoms with Gasteiger partial charge >= 0.3 is 0 Å². The topological polar surface area (TPSA) is 51.8 Å². The number of aryl methyl sites for hydroxylation is 1. The largest absolute Gasteiger partial charge is 0.326 e. The maximum atomic E-state index is 6.40. The molecule has 2 N–H and O–H groups in total. The standard InChI is InChI=1S/C19H17Cl2N3/c1-2-17-15(11-22)18(14-9-8-13(20)10-16(14)21)24-19(23-17)12-6-4-3-5-7-12/h3-10H,2,11,22H2,1H3. The van der Waals surface area contributed by atoms with Crippen molar-refractivity contribution in [1.82, 2.24) is 9.97 Å². The summed E-state index contributed by atoms with van der Waals surface area (Å²) in [6, 6.07) is 15.3. The molecule has 1 aromatic heterocycles. The molecule has 0 fully saturated rings.